The maximum absolute atomic E-state index is 15.0. The Morgan fingerprint density at radius 2 is 1.35 bits per heavy atom. The first-order valence-corrected chi connectivity index (χ1v) is 11.7. The smallest absolute Gasteiger partial charge is 0.377 e. The number of halogens is 12. The molecule has 0 aromatic rings. The number of hydrogen-bond donors (Lipinski definition) is 0. The average Bonchev–Trinajstić information content (AvgIpc) is 2.77. The average molecular weight is 548 g/mol. The molecule has 0 aromatic heterocycles. The van der Waals surface area contributed by atoms with E-state index in [2.05, 4.69) is 0 Å². The fraction of sp³-hybridized carbons (Fsp3) is 1.00. The normalized spacial score (nSPS) is 26.6. The number of methoxy groups -OCH3 is 1. The van der Waals surface area contributed by atoms with Gasteiger partial charge in [-0.05, 0) is 6.42 Å². The van der Waals surface area contributed by atoms with E-state index in [1.54, 1.807) is 0 Å². The fourth-order valence-corrected chi connectivity index (χ4v) is 6.11. The Morgan fingerprint density at radius 1 is 0.882 bits per heavy atom. The van der Waals surface area contributed by atoms with Gasteiger partial charge in [-0.15, -0.1) is 0 Å². The van der Waals surface area contributed by atoms with E-state index in [1.165, 1.54) is 6.92 Å². The molecule has 4 unspecified atom stereocenters. The zero-order valence-electron chi connectivity index (χ0n) is 18.3. The van der Waals surface area contributed by atoms with Crippen LogP contribution in [0.5, 0.6) is 0 Å². The second kappa shape index (κ2) is 10.3. The lowest BCUT2D eigenvalue weighted by Gasteiger charge is -2.50. The Balaban J connectivity index is 3.52. The molecule has 0 bridgehead atoms. The lowest BCUT2D eigenvalue weighted by Crippen LogP contribution is -2.70. The molecule has 1 aliphatic heterocycles. The Morgan fingerprint density at radius 3 is 1.74 bits per heavy atom. The van der Waals surface area contributed by atoms with Crippen LogP contribution in [0.3, 0.4) is 0 Å². The molecule has 1 saturated heterocycles. The molecule has 4 atom stereocenters. The summed E-state index contributed by atoms with van der Waals surface area (Å²) in [6.07, 6.45) is -15.8. The summed E-state index contributed by atoms with van der Waals surface area (Å²) >= 11 is 0. The van der Waals surface area contributed by atoms with Crippen molar-refractivity contribution < 1.29 is 70.7 Å². The third-order valence-corrected chi connectivity index (χ3v) is 8.52. The molecule has 1 fully saturated rings. The van der Waals surface area contributed by atoms with Crippen molar-refractivity contribution in [3.05, 3.63) is 0 Å². The summed E-state index contributed by atoms with van der Waals surface area (Å²) in [7, 11) is -0.769. The first-order valence-electron chi connectivity index (χ1n) is 9.74. The summed E-state index contributed by atoms with van der Waals surface area (Å²) < 4.78 is 185. The van der Waals surface area contributed by atoms with Crippen LogP contribution in [0.4, 0.5) is 52.7 Å². The van der Waals surface area contributed by atoms with Crippen molar-refractivity contribution in [1.82, 2.24) is 0 Å². The first-order chi connectivity index (χ1) is 15.3. The van der Waals surface area contributed by atoms with Crippen molar-refractivity contribution in [2.75, 3.05) is 21.3 Å². The zero-order valence-corrected chi connectivity index (χ0v) is 19.3. The van der Waals surface area contributed by atoms with Gasteiger partial charge in [-0.1, -0.05) is 13.3 Å². The molecule has 0 radical (unpaired) electrons. The molecule has 4 nitrogen and oxygen atoms in total. The van der Waals surface area contributed by atoms with E-state index in [1.807, 2.05) is 0 Å². The summed E-state index contributed by atoms with van der Waals surface area (Å²) in [5.41, 5.74) is 0. The van der Waals surface area contributed by atoms with Gasteiger partial charge < -0.3 is 18.0 Å². The summed E-state index contributed by atoms with van der Waals surface area (Å²) in [4.78, 5) is 0. The van der Waals surface area contributed by atoms with Crippen molar-refractivity contribution in [2.45, 2.75) is 80.5 Å². The van der Waals surface area contributed by atoms with Crippen LogP contribution in [0.2, 0.25) is 6.04 Å². The molecule has 1 aliphatic rings. The van der Waals surface area contributed by atoms with Gasteiger partial charge in [-0.2, -0.15) is 35.1 Å². The van der Waals surface area contributed by atoms with Gasteiger partial charge in [-0.3, -0.25) is 0 Å². The standard InChI is InChI=1S/C17H24F12O4Si/c1-5-7-13(30-2)9(6-8-34(31-3,32-4)33-13)10(18)14(22,23)16(26,27)17(28,29)15(24,25)11(19)12(20)21/h9-12H,5-8H2,1-4H3. The molecule has 34 heavy (non-hydrogen) atoms. The van der Waals surface area contributed by atoms with Crippen LogP contribution >= 0.6 is 0 Å². The van der Waals surface area contributed by atoms with Crippen LogP contribution in [0.25, 0.3) is 0 Å². The van der Waals surface area contributed by atoms with E-state index >= 15 is 4.39 Å². The third-order valence-electron chi connectivity index (χ3n) is 5.72. The maximum atomic E-state index is 15.0. The lowest BCUT2D eigenvalue weighted by atomic mass is 9.81. The van der Waals surface area contributed by atoms with Crippen molar-refractivity contribution in [3.8, 4) is 0 Å². The molecule has 0 spiro atoms. The van der Waals surface area contributed by atoms with E-state index in [9.17, 15) is 48.3 Å². The highest BCUT2D eigenvalue weighted by atomic mass is 28.4. The quantitative estimate of drug-likeness (QED) is 0.226. The molecule has 1 rings (SSSR count). The minimum absolute atomic E-state index is 0.0108. The van der Waals surface area contributed by atoms with Crippen LogP contribution in [0, 0.1) is 5.92 Å². The molecule has 0 N–H and O–H groups in total. The Labute approximate surface area is 188 Å². The van der Waals surface area contributed by atoms with Gasteiger partial charge in [0.2, 0.25) is 6.17 Å². The van der Waals surface area contributed by atoms with Crippen LogP contribution in [-0.4, -0.2) is 78.4 Å². The van der Waals surface area contributed by atoms with Crippen LogP contribution in [0.1, 0.15) is 26.2 Å². The largest absolute Gasteiger partial charge is 0.502 e. The summed E-state index contributed by atoms with van der Waals surface area (Å²) in [6, 6.07) is -0.480. The van der Waals surface area contributed by atoms with Gasteiger partial charge in [0.05, 0.1) is 0 Å². The molecule has 0 aromatic carbocycles. The second-order valence-corrected chi connectivity index (χ2v) is 10.5. The molecular weight excluding hydrogens is 524 g/mol. The van der Waals surface area contributed by atoms with Gasteiger partial charge in [0, 0.05) is 39.7 Å². The van der Waals surface area contributed by atoms with Crippen LogP contribution in [-0.2, 0) is 18.0 Å². The van der Waals surface area contributed by atoms with Crippen molar-refractivity contribution in [2.24, 2.45) is 5.92 Å². The van der Waals surface area contributed by atoms with Crippen molar-refractivity contribution >= 4 is 8.80 Å². The number of rotatable bonds is 12. The first kappa shape index (κ1) is 31.2. The van der Waals surface area contributed by atoms with Crippen LogP contribution in [0.15, 0.2) is 0 Å². The molecule has 204 valence electrons. The van der Waals surface area contributed by atoms with Gasteiger partial charge in [0.15, 0.2) is 12.0 Å². The number of ether oxygens (including phenoxy) is 1. The van der Waals surface area contributed by atoms with Crippen LogP contribution < -0.4 is 0 Å². The molecule has 1 heterocycles. The van der Waals surface area contributed by atoms with E-state index in [-0.39, 0.29) is 6.42 Å². The molecule has 0 amide bonds. The molecule has 17 heteroatoms. The third kappa shape index (κ3) is 4.78. The summed E-state index contributed by atoms with van der Waals surface area (Å²) in [5.74, 6) is -33.3. The zero-order chi connectivity index (χ0) is 27.0. The predicted octanol–water partition coefficient (Wildman–Crippen LogP) is 5.88. The lowest BCUT2D eigenvalue weighted by molar-refractivity contribution is -0.395. The van der Waals surface area contributed by atoms with E-state index in [0.29, 0.717) is 0 Å². The van der Waals surface area contributed by atoms with E-state index < -0.39 is 81.9 Å². The highest BCUT2D eigenvalue weighted by molar-refractivity contribution is 6.60. The Hall–Kier alpha value is -0.783. The highest BCUT2D eigenvalue weighted by Gasteiger charge is 2.85. The van der Waals surface area contributed by atoms with Gasteiger partial charge in [0.1, 0.15) is 0 Å². The highest BCUT2D eigenvalue weighted by Crippen LogP contribution is 2.58. The van der Waals surface area contributed by atoms with Gasteiger partial charge in [0.25, 0.3) is 6.43 Å². The van der Waals surface area contributed by atoms with E-state index in [4.69, 9.17) is 18.0 Å². The monoisotopic (exact) mass is 548 g/mol. The molecule has 0 saturated carbocycles. The molecular formula is C17H24F12O4Si. The fourth-order valence-electron chi connectivity index (χ4n) is 3.74. The number of alkyl halides is 12. The van der Waals surface area contributed by atoms with Crippen molar-refractivity contribution in [1.29, 1.82) is 0 Å². The van der Waals surface area contributed by atoms with E-state index in [0.717, 1.165) is 21.3 Å². The van der Waals surface area contributed by atoms with Gasteiger partial charge >= 0.3 is 32.5 Å². The predicted molar refractivity (Wildman–Crippen MR) is 94.0 cm³/mol. The topological polar surface area (TPSA) is 36.9 Å². The van der Waals surface area contributed by atoms with Gasteiger partial charge in [-0.25, -0.2) is 17.6 Å². The molecule has 0 aliphatic carbocycles. The Kier molecular flexibility index (Phi) is 9.46. The second-order valence-electron chi connectivity index (χ2n) is 7.64. The SMILES string of the molecule is CCCC1(OC)O[Si](OC)(OC)CCC1C(F)C(F)(F)C(F)(F)C(F)(F)C(F)(F)C(F)C(F)F. The maximum Gasteiger partial charge on any atom is 0.502 e. The van der Waals surface area contributed by atoms with Crippen molar-refractivity contribution in [3.63, 3.8) is 0 Å². The minimum atomic E-state index is -7.42. The summed E-state index contributed by atoms with van der Waals surface area (Å²) in [5, 5.41) is 0. The Bertz CT molecular complexity index is 679. The number of hydrogen-bond acceptors (Lipinski definition) is 4. The summed E-state index contributed by atoms with van der Waals surface area (Å²) in [6.45, 7) is 1.42. The minimum Gasteiger partial charge on any atom is -0.377 e.